The van der Waals surface area contributed by atoms with Gasteiger partial charge >= 0.3 is 11.9 Å². The predicted molar refractivity (Wildman–Crippen MR) is 138 cm³/mol. The first-order valence-electron chi connectivity index (χ1n) is 11.7. The van der Waals surface area contributed by atoms with E-state index in [0.717, 1.165) is 23.3 Å². The van der Waals surface area contributed by atoms with Crippen LogP contribution in [0.2, 0.25) is 0 Å². The summed E-state index contributed by atoms with van der Waals surface area (Å²) in [6, 6.07) is 14.8. The number of nitrogen functional groups attached to an aromatic ring is 1. The van der Waals surface area contributed by atoms with Crippen molar-refractivity contribution >= 4 is 39.9 Å². The standard InChI is InChI=1S/C27H28N2O6S/c1-3-34-27(32)24-19-11-9-17(16-7-5-4-6-8-16)14-22(19)36-25(24)29-23(30)15-35-26(31)18-10-12-21(33-2)20(28)13-18/h4-8,10,12-13,17H,3,9,11,14-15,28H2,1-2H3,(H,29,30). The SMILES string of the molecule is CCOC(=O)c1c(NC(=O)COC(=O)c2ccc(OC)c(N)c2)sc2c1CCC(c1ccccc1)C2. The molecular formula is C27H28N2O6S. The molecule has 1 heterocycles. The molecule has 0 fully saturated rings. The summed E-state index contributed by atoms with van der Waals surface area (Å²) in [7, 11) is 1.48. The van der Waals surface area contributed by atoms with Gasteiger partial charge in [-0.2, -0.15) is 0 Å². The molecule has 4 rings (SSSR count). The zero-order valence-corrected chi connectivity index (χ0v) is 21.0. The van der Waals surface area contributed by atoms with Gasteiger partial charge in [0.1, 0.15) is 10.8 Å². The lowest BCUT2D eigenvalue weighted by Crippen LogP contribution is -2.22. The Morgan fingerprint density at radius 2 is 1.86 bits per heavy atom. The fourth-order valence-corrected chi connectivity index (χ4v) is 5.67. The van der Waals surface area contributed by atoms with Crippen molar-refractivity contribution in [2.45, 2.75) is 32.1 Å². The number of benzene rings is 2. The Hall–Kier alpha value is -3.85. The molecule has 0 radical (unpaired) electrons. The van der Waals surface area contributed by atoms with Gasteiger partial charge in [-0.05, 0) is 61.4 Å². The quantitative estimate of drug-likeness (QED) is 0.338. The number of carbonyl (C=O) groups is 3. The molecule has 0 aliphatic heterocycles. The number of anilines is 2. The van der Waals surface area contributed by atoms with Crippen molar-refractivity contribution in [3.63, 3.8) is 0 Å². The van der Waals surface area contributed by atoms with Crippen LogP contribution >= 0.6 is 11.3 Å². The topological polar surface area (TPSA) is 117 Å². The van der Waals surface area contributed by atoms with Crippen LogP contribution in [0.1, 0.15) is 56.0 Å². The van der Waals surface area contributed by atoms with Gasteiger partial charge in [0.15, 0.2) is 6.61 Å². The summed E-state index contributed by atoms with van der Waals surface area (Å²) < 4.78 is 15.5. The molecule has 1 aliphatic rings. The van der Waals surface area contributed by atoms with Crippen molar-refractivity contribution in [3.05, 3.63) is 75.7 Å². The van der Waals surface area contributed by atoms with Gasteiger partial charge < -0.3 is 25.3 Å². The Labute approximate surface area is 213 Å². The van der Waals surface area contributed by atoms with Gasteiger partial charge in [0.05, 0.1) is 30.5 Å². The number of hydrogen-bond donors (Lipinski definition) is 2. The highest BCUT2D eigenvalue weighted by molar-refractivity contribution is 7.17. The van der Waals surface area contributed by atoms with Gasteiger partial charge in [-0.25, -0.2) is 9.59 Å². The predicted octanol–water partition coefficient (Wildman–Crippen LogP) is 4.58. The van der Waals surface area contributed by atoms with E-state index in [4.69, 9.17) is 19.9 Å². The number of nitrogens with two attached hydrogens (primary N) is 1. The molecule has 0 spiro atoms. The summed E-state index contributed by atoms with van der Waals surface area (Å²) in [6.45, 7) is 1.46. The average Bonchev–Trinajstić information content (AvgIpc) is 3.24. The highest BCUT2D eigenvalue weighted by atomic mass is 32.1. The van der Waals surface area contributed by atoms with Gasteiger partial charge in [0.25, 0.3) is 5.91 Å². The maximum Gasteiger partial charge on any atom is 0.341 e. The van der Waals surface area contributed by atoms with Crippen LogP contribution in [0.5, 0.6) is 5.75 Å². The second-order valence-electron chi connectivity index (χ2n) is 8.36. The number of amides is 1. The highest BCUT2D eigenvalue weighted by Crippen LogP contribution is 2.42. The second-order valence-corrected chi connectivity index (χ2v) is 9.47. The van der Waals surface area contributed by atoms with Crippen molar-refractivity contribution in [2.75, 3.05) is 31.4 Å². The third-order valence-corrected chi connectivity index (χ3v) is 7.24. The van der Waals surface area contributed by atoms with E-state index in [1.807, 2.05) is 18.2 Å². The molecule has 36 heavy (non-hydrogen) atoms. The Balaban J connectivity index is 1.47. The minimum Gasteiger partial charge on any atom is -0.495 e. The smallest absolute Gasteiger partial charge is 0.341 e. The first kappa shape index (κ1) is 25.2. The first-order chi connectivity index (χ1) is 17.4. The minimum atomic E-state index is -0.693. The van der Waals surface area contributed by atoms with E-state index in [1.165, 1.54) is 36.1 Å². The molecule has 188 valence electrons. The zero-order chi connectivity index (χ0) is 25.7. The Morgan fingerprint density at radius 1 is 1.08 bits per heavy atom. The van der Waals surface area contributed by atoms with E-state index in [1.54, 1.807) is 13.0 Å². The van der Waals surface area contributed by atoms with Crippen LogP contribution in [0.4, 0.5) is 10.7 Å². The Kier molecular flexibility index (Phi) is 7.90. The fraction of sp³-hybridized carbons (Fsp3) is 0.296. The van der Waals surface area contributed by atoms with Crippen LogP contribution in [-0.4, -0.2) is 38.2 Å². The minimum absolute atomic E-state index is 0.201. The monoisotopic (exact) mass is 508 g/mol. The van der Waals surface area contributed by atoms with Crippen LogP contribution < -0.4 is 15.8 Å². The van der Waals surface area contributed by atoms with E-state index in [2.05, 4.69) is 17.4 Å². The molecular weight excluding hydrogens is 480 g/mol. The molecule has 3 aromatic rings. The number of hydrogen-bond acceptors (Lipinski definition) is 8. The largest absolute Gasteiger partial charge is 0.495 e. The number of fused-ring (bicyclic) bond motifs is 1. The molecule has 0 bridgehead atoms. The molecule has 1 amide bonds. The van der Waals surface area contributed by atoms with E-state index in [9.17, 15) is 14.4 Å². The van der Waals surface area contributed by atoms with Crippen molar-refractivity contribution in [2.24, 2.45) is 0 Å². The molecule has 1 unspecified atom stereocenters. The highest BCUT2D eigenvalue weighted by Gasteiger charge is 2.31. The number of esters is 2. The van der Waals surface area contributed by atoms with Gasteiger partial charge in [-0.15, -0.1) is 11.3 Å². The van der Waals surface area contributed by atoms with Crippen molar-refractivity contribution < 1.29 is 28.6 Å². The lowest BCUT2D eigenvalue weighted by molar-refractivity contribution is -0.119. The second kappa shape index (κ2) is 11.3. The van der Waals surface area contributed by atoms with Crippen LogP contribution in [0, 0.1) is 0 Å². The summed E-state index contributed by atoms with van der Waals surface area (Å²) in [5.74, 6) is -0.926. The molecule has 0 saturated carbocycles. The zero-order valence-electron chi connectivity index (χ0n) is 20.2. The number of ether oxygens (including phenoxy) is 3. The number of carbonyl (C=O) groups excluding carboxylic acids is 3. The number of methoxy groups -OCH3 is 1. The number of thiophene rings is 1. The summed E-state index contributed by atoms with van der Waals surface area (Å²) in [6.07, 6.45) is 2.39. The van der Waals surface area contributed by atoms with Crippen molar-refractivity contribution in [1.29, 1.82) is 0 Å². The van der Waals surface area contributed by atoms with E-state index in [0.29, 0.717) is 28.7 Å². The van der Waals surface area contributed by atoms with E-state index >= 15 is 0 Å². The molecule has 1 aliphatic carbocycles. The van der Waals surface area contributed by atoms with Gasteiger partial charge in [-0.3, -0.25) is 4.79 Å². The molecule has 1 atom stereocenters. The Morgan fingerprint density at radius 3 is 2.56 bits per heavy atom. The molecule has 8 nitrogen and oxygen atoms in total. The summed E-state index contributed by atoms with van der Waals surface area (Å²) >= 11 is 1.38. The van der Waals surface area contributed by atoms with Crippen LogP contribution in [-0.2, 0) is 27.1 Å². The summed E-state index contributed by atoms with van der Waals surface area (Å²) in [5.41, 5.74) is 8.90. The molecule has 9 heteroatoms. The lowest BCUT2D eigenvalue weighted by atomic mass is 9.83. The van der Waals surface area contributed by atoms with Crippen LogP contribution in [0.15, 0.2) is 48.5 Å². The van der Waals surface area contributed by atoms with Gasteiger partial charge in [0.2, 0.25) is 0 Å². The summed E-state index contributed by atoms with van der Waals surface area (Å²) in [4.78, 5) is 38.9. The third kappa shape index (κ3) is 5.52. The van der Waals surface area contributed by atoms with Gasteiger partial charge in [0, 0.05) is 4.88 Å². The maximum atomic E-state index is 12.8. The maximum absolute atomic E-state index is 12.8. The van der Waals surface area contributed by atoms with Crippen LogP contribution in [0.3, 0.4) is 0 Å². The molecule has 2 aromatic carbocycles. The normalized spacial score (nSPS) is 14.4. The number of nitrogens with one attached hydrogen (secondary N) is 1. The van der Waals surface area contributed by atoms with E-state index < -0.39 is 24.5 Å². The molecule has 3 N–H and O–H groups in total. The summed E-state index contributed by atoms with van der Waals surface area (Å²) in [5, 5.41) is 3.17. The fourth-order valence-electron chi connectivity index (χ4n) is 4.34. The van der Waals surface area contributed by atoms with Crippen molar-refractivity contribution in [3.8, 4) is 5.75 Å². The number of rotatable bonds is 8. The first-order valence-corrected chi connectivity index (χ1v) is 12.5. The lowest BCUT2D eigenvalue weighted by Gasteiger charge is -2.23. The Bertz CT molecular complexity index is 1270. The third-order valence-electron chi connectivity index (χ3n) is 6.07. The average molecular weight is 509 g/mol. The van der Waals surface area contributed by atoms with E-state index in [-0.39, 0.29) is 17.9 Å². The molecule has 1 aromatic heterocycles. The van der Waals surface area contributed by atoms with Crippen LogP contribution in [0.25, 0.3) is 0 Å². The van der Waals surface area contributed by atoms with Crippen molar-refractivity contribution in [1.82, 2.24) is 0 Å². The van der Waals surface area contributed by atoms with Gasteiger partial charge in [-0.1, -0.05) is 30.3 Å². The molecule has 0 saturated heterocycles.